The maximum atomic E-state index is 12.9. The number of aryl methyl sites for hydroxylation is 1. The van der Waals surface area contributed by atoms with Crippen LogP contribution in [0.2, 0.25) is 0 Å². The number of fused-ring (bicyclic) bond motifs is 1. The summed E-state index contributed by atoms with van der Waals surface area (Å²) in [5.74, 6) is 0.556. The summed E-state index contributed by atoms with van der Waals surface area (Å²) in [5.41, 5.74) is 10.0. The Morgan fingerprint density at radius 1 is 1.09 bits per heavy atom. The molecule has 9 heteroatoms. The molecular weight excluding hydrogens is 452 g/mol. The second kappa shape index (κ2) is 9.13. The zero-order valence-electron chi connectivity index (χ0n) is 17.6. The summed E-state index contributed by atoms with van der Waals surface area (Å²) >= 11 is 6.78. The van der Waals surface area contributed by atoms with E-state index in [-0.39, 0.29) is 5.91 Å². The Labute approximate surface area is 200 Å². The molecule has 0 saturated carbocycles. The number of rotatable bonds is 6. The van der Waals surface area contributed by atoms with Gasteiger partial charge in [0, 0.05) is 24.0 Å². The van der Waals surface area contributed by atoms with E-state index in [1.54, 1.807) is 4.90 Å². The highest BCUT2D eigenvalue weighted by Crippen LogP contribution is 2.34. The Hall–Kier alpha value is -3.56. The third-order valence-electron chi connectivity index (χ3n) is 5.46. The Kier molecular flexibility index (Phi) is 5.89. The van der Waals surface area contributed by atoms with Crippen molar-refractivity contribution >= 4 is 56.7 Å². The van der Waals surface area contributed by atoms with Crippen molar-refractivity contribution in [1.29, 1.82) is 0 Å². The number of benzene rings is 3. The predicted octanol–water partition coefficient (Wildman–Crippen LogP) is 4.44. The van der Waals surface area contributed by atoms with Gasteiger partial charge in [-0.05, 0) is 52.8 Å². The number of nitrogen functional groups attached to an aromatic ring is 1. The largest absolute Gasteiger partial charge is 0.398 e. The lowest BCUT2D eigenvalue weighted by atomic mass is 9.98. The zero-order chi connectivity index (χ0) is 22.8. The molecule has 0 bridgehead atoms. The first kappa shape index (κ1) is 21.3. The normalized spacial score (nSPS) is 15.2. The van der Waals surface area contributed by atoms with Crippen molar-refractivity contribution in [1.82, 2.24) is 25.5 Å². The summed E-state index contributed by atoms with van der Waals surface area (Å²) in [6.07, 6.45) is 3.23. The summed E-state index contributed by atoms with van der Waals surface area (Å²) in [7, 11) is 0. The van der Waals surface area contributed by atoms with Crippen molar-refractivity contribution in [2.75, 3.05) is 12.3 Å². The number of thiocarbonyl (C=S) groups is 1. The fourth-order valence-electron chi connectivity index (χ4n) is 3.84. The number of hydrogen-bond acceptors (Lipinski definition) is 7. The van der Waals surface area contributed by atoms with Gasteiger partial charge in [-0.15, -0.1) is 10.2 Å². The molecule has 164 valence electrons. The highest BCUT2D eigenvalue weighted by atomic mass is 32.2. The lowest BCUT2D eigenvalue weighted by Gasteiger charge is -2.13. The monoisotopic (exact) mass is 472 g/mol. The van der Waals surface area contributed by atoms with Gasteiger partial charge in [0.1, 0.15) is 4.32 Å². The van der Waals surface area contributed by atoms with Crippen LogP contribution in [-0.4, -0.2) is 42.3 Å². The molecule has 1 aliphatic heterocycles. The SMILES string of the molecule is Nc1cc(-c2cccc(/C=C3\SC(=S)N(CCCc4nn[nH]n4)C3=O)c2)cc2ccccc12. The van der Waals surface area contributed by atoms with E-state index in [9.17, 15) is 4.79 Å². The molecule has 1 amide bonds. The van der Waals surface area contributed by atoms with Crippen molar-refractivity contribution in [3.63, 3.8) is 0 Å². The van der Waals surface area contributed by atoms with Crippen LogP contribution in [0.25, 0.3) is 28.0 Å². The summed E-state index contributed by atoms with van der Waals surface area (Å²) in [6, 6.07) is 20.3. The highest BCUT2D eigenvalue weighted by molar-refractivity contribution is 8.26. The van der Waals surface area contributed by atoms with Gasteiger partial charge in [-0.2, -0.15) is 5.21 Å². The average Bonchev–Trinajstić information content (AvgIpc) is 3.43. The smallest absolute Gasteiger partial charge is 0.266 e. The first-order valence-electron chi connectivity index (χ1n) is 10.4. The Balaban J connectivity index is 1.35. The molecule has 1 saturated heterocycles. The van der Waals surface area contributed by atoms with Crippen LogP contribution in [0.15, 0.2) is 65.6 Å². The molecule has 0 radical (unpaired) electrons. The van der Waals surface area contributed by atoms with E-state index in [1.807, 2.05) is 48.5 Å². The molecule has 0 atom stereocenters. The summed E-state index contributed by atoms with van der Waals surface area (Å²) < 4.78 is 0.567. The van der Waals surface area contributed by atoms with E-state index in [0.717, 1.165) is 33.2 Å². The fraction of sp³-hybridized carbons (Fsp3) is 0.125. The lowest BCUT2D eigenvalue weighted by Crippen LogP contribution is -2.29. The summed E-state index contributed by atoms with van der Waals surface area (Å²) in [5, 5.41) is 16.0. The van der Waals surface area contributed by atoms with Gasteiger partial charge in [-0.25, -0.2) is 0 Å². The van der Waals surface area contributed by atoms with Gasteiger partial charge < -0.3 is 5.73 Å². The van der Waals surface area contributed by atoms with Crippen LogP contribution in [-0.2, 0) is 11.2 Å². The molecule has 0 unspecified atom stereocenters. The number of nitrogens with two attached hydrogens (primary N) is 1. The third-order valence-corrected chi connectivity index (χ3v) is 6.83. The van der Waals surface area contributed by atoms with Gasteiger partial charge >= 0.3 is 0 Å². The summed E-state index contributed by atoms with van der Waals surface area (Å²) in [6.45, 7) is 0.521. The molecule has 5 rings (SSSR count). The van der Waals surface area contributed by atoms with E-state index in [1.165, 1.54) is 11.8 Å². The minimum absolute atomic E-state index is 0.0709. The number of thioether (sulfide) groups is 1. The molecule has 2 heterocycles. The van der Waals surface area contributed by atoms with E-state index in [0.29, 0.717) is 34.4 Å². The Morgan fingerprint density at radius 3 is 2.82 bits per heavy atom. The molecule has 1 aliphatic rings. The van der Waals surface area contributed by atoms with Gasteiger partial charge in [-0.1, -0.05) is 71.7 Å². The van der Waals surface area contributed by atoms with Gasteiger partial charge in [0.15, 0.2) is 5.82 Å². The van der Waals surface area contributed by atoms with Crippen molar-refractivity contribution in [3.8, 4) is 11.1 Å². The molecular formula is C24H20N6OS2. The second-order valence-electron chi connectivity index (χ2n) is 7.68. The first-order valence-corrected chi connectivity index (χ1v) is 11.7. The number of tetrazole rings is 1. The molecule has 3 N–H and O–H groups in total. The third kappa shape index (κ3) is 4.50. The van der Waals surface area contributed by atoms with Gasteiger partial charge in [-0.3, -0.25) is 9.69 Å². The number of amides is 1. The molecule has 0 aliphatic carbocycles. The van der Waals surface area contributed by atoms with Crippen LogP contribution in [0.4, 0.5) is 5.69 Å². The van der Waals surface area contributed by atoms with Crippen LogP contribution < -0.4 is 5.73 Å². The topological polar surface area (TPSA) is 101 Å². The zero-order valence-corrected chi connectivity index (χ0v) is 19.2. The van der Waals surface area contributed by atoms with Crippen molar-refractivity contribution in [2.45, 2.75) is 12.8 Å². The Morgan fingerprint density at radius 2 is 1.97 bits per heavy atom. The minimum Gasteiger partial charge on any atom is -0.398 e. The quantitative estimate of drug-likeness (QED) is 0.243. The van der Waals surface area contributed by atoms with Crippen molar-refractivity contribution in [2.24, 2.45) is 0 Å². The minimum atomic E-state index is -0.0709. The second-order valence-corrected chi connectivity index (χ2v) is 9.35. The molecule has 4 aromatic rings. The standard InChI is InChI=1S/C24H20N6OS2/c25-20-14-18(13-17-6-1-2-8-19(17)20)16-7-3-5-15(11-16)12-21-23(31)30(24(32)33-21)10-4-9-22-26-28-29-27-22/h1-3,5-8,11-14H,4,9-10,25H2,(H,26,27,28,29)/b21-12-. The number of nitrogens with one attached hydrogen (secondary N) is 1. The van der Waals surface area contributed by atoms with Crippen molar-refractivity contribution in [3.05, 3.63) is 77.0 Å². The maximum absolute atomic E-state index is 12.9. The number of carbonyl (C=O) groups is 1. The maximum Gasteiger partial charge on any atom is 0.266 e. The van der Waals surface area contributed by atoms with Crippen molar-refractivity contribution < 1.29 is 4.79 Å². The van der Waals surface area contributed by atoms with E-state index < -0.39 is 0 Å². The highest BCUT2D eigenvalue weighted by Gasteiger charge is 2.31. The number of aromatic nitrogens is 4. The average molecular weight is 473 g/mol. The van der Waals surface area contributed by atoms with Crippen LogP contribution in [0.1, 0.15) is 17.8 Å². The number of anilines is 1. The molecule has 7 nitrogen and oxygen atoms in total. The van der Waals surface area contributed by atoms with Crippen LogP contribution in [0.3, 0.4) is 0 Å². The van der Waals surface area contributed by atoms with E-state index in [4.69, 9.17) is 18.0 Å². The van der Waals surface area contributed by atoms with Crippen LogP contribution in [0.5, 0.6) is 0 Å². The van der Waals surface area contributed by atoms with Gasteiger partial charge in [0.2, 0.25) is 0 Å². The summed E-state index contributed by atoms with van der Waals surface area (Å²) in [4.78, 5) is 15.2. The number of hydrogen-bond donors (Lipinski definition) is 2. The predicted molar refractivity (Wildman–Crippen MR) is 136 cm³/mol. The first-order chi connectivity index (χ1) is 16.1. The number of H-pyrrole nitrogens is 1. The molecule has 33 heavy (non-hydrogen) atoms. The number of carbonyl (C=O) groups excluding carboxylic acids is 1. The number of nitrogens with zero attached hydrogens (tertiary/aromatic N) is 4. The van der Waals surface area contributed by atoms with Crippen LogP contribution >= 0.6 is 24.0 Å². The van der Waals surface area contributed by atoms with Crippen LogP contribution in [0, 0.1) is 0 Å². The van der Waals surface area contributed by atoms with Gasteiger partial charge in [0.05, 0.1) is 4.91 Å². The molecule has 0 spiro atoms. The Bertz CT molecular complexity index is 1380. The lowest BCUT2D eigenvalue weighted by molar-refractivity contribution is -0.122. The van der Waals surface area contributed by atoms with Gasteiger partial charge in [0.25, 0.3) is 5.91 Å². The molecule has 3 aromatic carbocycles. The fourth-order valence-corrected chi connectivity index (χ4v) is 5.15. The molecule has 1 aromatic heterocycles. The molecule has 1 fully saturated rings. The van der Waals surface area contributed by atoms with E-state index in [2.05, 4.69) is 38.8 Å². The number of aromatic amines is 1. The van der Waals surface area contributed by atoms with E-state index >= 15 is 0 Å².